The molecule has 2 rings (SSSR count). The van der Waals surface area contributed by atoms with Gasteiger partial charge in [0.15, 0.2) is 0 Å². The van der Waals surface area contributed by atoms with Crippen molar-refractivity contribution in [3.05, 3.63) is 24.2 Å². The summed E-state index contributed by atoms with van der Waals surface area (Å²) in [5.41, 5.74) is 0. The highest BCUT2D eigenvalue weighted by molar-refractivity contribution is 5.76. The highest BCUT2D eigenvalue weighted by atomic mass is 16.3. The highest BCUT2D eigenvalue weighted by Crippen LogP contribution is 2.09. The van der Waals surface area contributed by atoms with Crippen molar-refractivity contribution in [3.63, 3.8) is 0 Å². The van der Waals surface area contributed by atoms with Crippen molar-refractivity contribution < 1.29 is 9.21 Å². The van der Waals surface area contributed by atoms with Crippen LogP contribution in [0, 0.1) is 5.92 Å². The quantitative estimate of drug-likeness (QED) is 0.816. The Bertz CT molecular complexity index is 379. The van der Waals surface area contributed by atoms with Gasteiger partial charge in [-0.15, -0.1) is 0 Å². The van der Waals surface area contributed by atoms with E-state index in [1.165, 1.54) is 0 Å². The molecule has 19 heavy (non-hydrogen) atoms. The van der Waals surface area contributed by atoms with Crippen LogP contribution in [0.2, 0.25) is 0 Å². The molecule has 0 aliphatic carbocycles. The molecule has 0 unspecified atom stereocenters. The van der Waals surface area contributed by atoms with Crippen molar-refractivity contribution in [2.45, 2.75) is 26.7 Å². The summed E-state index contributed by atoms with van der Waals surface area (Å²) in [6.07, 6.45) is 2.92. The molecule has 1 amide bonds. The Morgan fingerprint density at radius 1 is 1.32 bits per heavy atom. The maximum atomic E-state index is 12.1. The zero-order chi connectivity index (χ0) is 13.7. The Kier molecular flexibility index (Phi) is 5.02. The van der Waals surface area contributed by atoms with E-state index in [-0.39, 0.29) is 5.91 Å². The van der Waals surface area contributed by atoms with Crippen LogP contribution < -0.4 is 0 Å². The summed E-state index contributed by atoms with van der Waals surface area (Å²) in [4.78, 5) is 16.5. The van der Waals surface area contributed by atoms with Crippen molar-refractivity contribution >= 4 is 5.91 Å². The maximum absolute atomic E-state index is 12.1. The number of nitrogens with zero attached hydrogens (tertiary/aromatic N) is 2. The molecule has 1 aliphatic rings. The number of carbonyl (C=O) groups excluding carboxylic acids is 1. The number of hydrogen-bond acceptors (Lipinski definition) is 3. The molecular weight excluding hydrogens is 240 g/mol. The summed E-state index contributed by atoms with van der Waals surface area (Å²) in [6.45, 7) is 9.35. The van der Waals surface area contributed by atoms with Crippen LogP contribution in [0.5, 0.6) is 0 Å². The van der Waals surface area contributed by atoms with Gasteiger partial charge < -0.3 is 9.32 Å². The zero-order valence-electron chi connectivity index (χ0n) is 12.0. The fraction of sp³-hybridized carbons (Fsp3) is 0.667. The molecule has 0 spiro atoms. The number of carbonyl (C=O) groups is 1. The molecule has 4 nitrogen and oxygen atoms in total. The SMILES string of the molecule is CC(C)CN1CCN(C(=O)CCc2ccco2)CC1. The fourth-order valence-corrected chi connectivity index (χ4v) is 2.54. The number of aryl methyl sites for hydroxylation is 1. The molecule has 1 aromatic rings. The average molecular weight is 264 g/mol. The smallest absolute Gasteiger partial charge is 0.223 e. The Balaban J connectivity index is 1.70. The van der Waals surface area contributed by atoms with Gasteiger partial charge in [0.05, 0.1) is 6.26 Å². The van der Waals surface area contributed by atoms with E-state index in [4.69, 9.17) is 4.42 Å². The molecule has 0 aromatic carbocycles. The van der Waals surface area contributed by atoms with E-state index in [2.05, 4.69) is 18.7 Å². The van der Waals surface area contributed by atoms with Crippen molar-refractivity contribution in [3.8, 4) is 0 Å². The molecule has 0 atom stereocenters. The lowest BCUT2D eigenvalue weighted by Crippen LogP contribution is -2.49. The lowest BCUT2D eigenvalue weighted by atomic mass is 10.1. The van der Waals surface area contributed by atoms with Gasteiger partial charge in [-0.05, 0) is 18.1 Å². The lowest BCUT2D eigenvalue weighted by Gasteiger charge is -2.35. The number of furan rings is 1. The Morgan fingerprint density at radius 3 is 2.63 bits per heavy atom. The molecule has 1 aromatic heterocycles. The topological polar surface area (TPSA) is 36.7 Å². The predicted octanol–water partition coefficient (Wildman–Crippen LogP) is 2.01. The van der Waals surface area contributed by atoms with E-state index in [9.17, 15) is 4.79 Å². The molecule has 0 saturated carbocycles. The van der Waals surface area contributed by atoms with Gasteiger partial charge in [0.1, 0.15) is 5.76 Å². The van der Waals surface area contributed by atoms with E-state index >= 15 is 0 Å². The minimum atomic E-state index is 0.251. The third kappa shape index (κ3) is 4.39. The largest absolute Gasteiger partial charge is 0.469 e. The third-order valence-electron chi connectivity index (χ3n) is 3.51. The molecule has 0 radical (unpaired) electrons. The minimum Gasteiger partial charge on any atom is -0.469 e. The molecule has 1 fully saturated rings. The van der Waals surface area contributed by atoms with Gasteiger partial charge >= 0.3 is 0 Å². The lowest BCUT2D eigenvalue weighted by molar-refractivity contribution is -0.133. The second kappa shape index (κ2) is 6.75. The van der Waals surface area contributed by atoms with Crippen molar-refractivity contribution in [1.29, 1.82) is 0 Å². The minimum absolute atomic E-state index is 0.251. The van der Waals surface area contributed by atoms with Crippen LogP contribution in [0.4, 0.5) is 0 Å². The highest BCUT2D eigenvalue weighted by Gasteiger charge is 2.21. The summed E-state index contributed by atoms with van der Waals surface area (Å²) in [6, 6.07) is 3.79. The zero-order valence-corrected chi connectivity index (χ0v) is 12.0. The second-order valence-corrected chi connectivity index (χ2v) is 5.65. The molecule has 106 valence electrons. The summed E-state index contributed by atoms with van der Waals surface area (Å²) in [5.74, 6) is 1.84. The standard InChI is InChI=1S/C15H24N2O2/c1-13(2)12-16-7-9-17(10-8-16)15(18)6-5-14-4-3-11-19-14/h3-4,11,13H,5-10,12H2,1-2H3. The Morgan fingerprint density at radius 2 is 2.05 bits per heavy atom. The molecule has 1 saturated heterocycles. The average Bonchev–Trinajstić information content (AvgIpc) is 2.89. The number of rotatable bonds is 5. The second-order valence-electron chi connectivity index (χ2n) is 5.65. The van der Waals surface area contributed by atoms with Gasteiger partial charge in [0.25, 0.3) is 0 Å². The summed E-state index contributed by atoms with van der Waals surface area (Å²) in [5, 5.41) is 0. The van der Waals surface area contributed by atoms with Crippen LogP contribution in [-0.2, 0) is 11.2 Å². The van der Waals surface area contributed by atoms with E-state index in [0.717, 1.165) is 38.5 Å². The first-order valence-corrected chi connectivity index (χ1v) is 7.17. The number of amides is 1. The molecular formula is C15H24N2O2. The van der Waals surface area contributed by atoms with Crippen LogP contribution in [0.1, 0.15) is 26.0 Å². The summed E-state index contributed by atoms with van der Waals surface area (Å²) in [7, 11) is 0. The van der Waals surface area contributed by atoms with Crippen molar-refractivity contribution in [2.24, 2.45) is 5.92 Å². The monoisotopic (exact) mass is 264 g/mol. The van der Waals surface area contributed by atoms with Gasteiger partial charge in [-0.3, -0.25) is 9.69 Å². The van der Waals surface area contributed by atoms with E-state index < -0.39 is 0 Å². The Hall–Kier alpha value is -1.29. The first-order valence-electron chi connectivity index (χ1n) is 7.17. The first kappa shape index (κ1) is 14.1. The van der Waals surface area contributed by atoms with Crippen molar-refractivity contribution in [1.82, 2.24) is 9.80 Å². The first-order chi connectivity index (χ1) is 9.15. The number of piperazine rings is 1. The van der Waals surface area contributed by atoms with Gasteiger partial charge in [0.2, 0.25) is 5.91 Å². The fourth-order valence-electron chi connectivity index (χ4n) is 2.54. The number of hydrogen-bond donors (Lipinski definition) is 0. The van der Waals surface area contributed by atoms with Gasteiger partial charge in [0, 0.05) is 45.6 Å². The van der Waals surface area contributed by atoms with Gasteiger partial charge in [-0.25, -0.2) is 0 Å². The molecule has 0 bridgehead atoms. The van der Waals surface area contributed by atoms with Gasteiger partial charge in [-0.2, -0.15) is 0 Å². The summed E-state index contributed by atoms with van der Waals surface area (Å²) >= 11 is 0. The molecule has 0 N–H and O–H groups in total. The van der Waals surface area contributed by atoms with E-state index in [1.54, 1.807) is 6.26 Å². The van der Waals surface area contributed by atoms with Crippen molar-refractivity contribution in [2.75, 3.05) is 32.7 Å². The third-order valence-corrected chi connectivity index (χ3v) is 3.51. The van der Waals surface area contributed by atoms with Crippen LogP contribution in [0.3, 0.4) is 0 Å². The summed E-state index contributed by atoms with van der Waals surface area (Å²) < 4.78 is 5.25. The molecule has 4 heteroatoms. The van der Waals surface area contributed by atoms with E-state index in [1.807, 2.05) is 17.0 Å². The van der Waals surface area contributed by atoms with Gasteiger partial charge in [-0.1, -0.05) is 13.8 Å². The van der Waals surface area contributed by atoms with Crippen LogP contribution >= 0.6 is 0 Å². The maximum Gasteiger partial charge on any atom is 0.223 e. The molecule has 1 aliphatic heterocycles. The normalized spacial score (nSPS) is 17.1. The van der Waals surface area contributed by atoms with Crippen LogP contribution in [0.15, 0.2) is 22.8 Å². The Labute approximate surface area is 115 Å². The predicted molar refractivity (Wildman–Crippen MR) is 74.9 cm³/mol. The molecule has 2 heterocycles. The van der Waals surface area contributed by atoms with Crippen LogP contribution in [-0.4, -0.2) is 48.4 Å². The van der Waals surface area contributed by atoms with E-state index in [0.29, 0.717) is 18.8 Å². The van der Waals surface area contributed by atoms with Crippen LogP contribution in [0.25, 0.3) is 0 Å².